The average Bonchev–Trinajstić information content (AvgIpc) is 3.39. The molecule has 202 valence electrons. The number of carbonyl (C=O) groups excluding carboxylic acids is 2. The predicted molar refractivity (Wildman–Crippen MR) is 154 cm³/mol. The van der Waals surface area contributed by atoms with E-state index in [2.05, 4.69) is 37.6 Å². The van der Waals surface area contributed by atoms with E-state index in [9.17, 15) is 9.59 Å². The molecule has 0 bridgehead atoms. The number of nitrogens with zero attached hydrogens (tertiary/aromatic N) is 2. The molecule has 0 aliphatic carbocycles. The first kappa shape index (κ1) is 26.3. The number of ether oxygens (including phenoxy) is 1. The van der Waals surface area contributed by atoms with Crippen LogP contribution >= 0.6 is 0 Å². The van der Waals surface area contributed by atoms with E-state index >= 15 is 0 Å². The molecule has 0 spiro atoms. The van der Waals surface area contributed by atoms with Crippen molar-refractivity contribution in [3.8, 4) is 5.75 Å². The lowest BCUT2D eigenvalue weighted by Gasteiger charge is -2.35. The number of benzene rings is 3. The Labute approximate surface area is 229 Å². The Morgan fingerprint density at radius 1 is 0.897 bits per heavy atom. The minimum atomic E-state index is -0.711. The molecule has 3 aromatic carbocycles. The van der Waals surface area contributed by atoms with Crippen molar-refractivity contribution in [2.75, 3.05) is 44.7 Å². The number of nitrogens with one attached hydrogen (secondary N) is 3. The normalized spacial score (nSPS) is 14.6. The predicted octanol–water partition coefficient (Wildman–Crippen LogP) is 3.34. The average molecular weight is 526 g/mol. The number of rotatable bonds is 10. The van der Waals surface area contributed by atoms with Gasteiger partial charge >= 0.3 is 0 Å². The van der Waals surface area contributed by atoms with Crippen molar-refractivity contribution in [2.24, 2.45) is 0 Å². The number of amides is 2. The van der Waals surface area contributed by atoms with Crippen LogP contribution in [0.2, 0.25) is 0 Å². The van der Waals surface area contributed by atoms with Crippen LogP contribution in [-0.2, 0) is 22.6 Å². The topological polar surface area (TPSA) is 89.7 Å². The zero-order chi connectivity index (χ0) is 27.0. The Morgan fingerprint density at radius 2 is 1.62 bits per heavy atom. The summed E-state index contributed by atoms with van der Waals surface area (Å²) in [5.74, 6) is 0.332. The van der Waals surface area contributed by atoms with Gasteiger partial charge in [0.25, 0.3) is 0 Å². The van der Waals surface area contributed by atoms with Crippen LogP contribution in [0.15, 0.2) is 85.1 Å². The third-order valence-corrected chi connectivity index (χ3v) is 7.26. The quantitative estimate of drug-likeness (QED) is 0.296. The van der Waals surface area contributed by atoms with Crippen LogP contribution in [0, 0.1) is 0 Å². The first-order chi connectivity index (χ1) is 19.1. The van der Waals surface area contributed by atoms with Crippen LogP contribution in [0.25, 0.3) is 10.9 Å². The number of aromatic amines is 1. The summed E-state index contributed by atoms with van der Waals surface area (Å²) in [5, 5.41) is 7.07. The molecule has 4 aromatic rings. The fraction of sp³-hybridized carbons (Fsp3) is 0.290. The number of piperazine rings is 1. The second-order valence-corrected chi connectivity index (χ2v) is 9.81. The maximum absolute atomic E-state index is 13.4. The molecule has 5 rings (SSSR count). The third kappa shape index (κ3) is 6.59. The van der Waals surface area contributed by atoms with Gasteiger partial charge < -0.3 is 25.3 Å². The number of anilines is 1. The maximum atomic E-state index is 13.4. The molecule has 1 aliphatic heterocycles. The first-order valence-corrected chi connectivity index (χ1v) is 13.4. The second kappa shape index (κ2) is 12.5. The molecular weight excluding hydrogens is 490 g/mol. The number of hydrogen-bond acceptors (Lipinski definition) is 5. The molecule has 1 aromatic heterocycles. The SMILES string of the molecule is COc1ccccc1CNC(=O)C(Cc1c[nH]c2ccccc12)NC(=O)CN1CCN(c2ccccc2)CC1. The number of hydrogen-bond donors (Lipinski definition) is 3. The highest BCUT2D eigenvalue weighted by molar-refractivity contribution is 5.90. The van der Waals surface area contributed by atoms with Gasteiger partial charge in [-0.2, -0.15) is 0 Å². The molecule has 2 heterocycles. The van der Waals surface area contributed by atoms with Crippen LogP contribution < -0.4 is 20.3 Å². The third-order valence-electron chi connectivity index (χ3n) is 7.26. The number of aromatic nitrogens is 1. The van der Waals surface area contributed by atoms with Crippen molar-refractivity contribution in [2.45, 2.75) is 19.0 Å². The fourth-order valence-electron chi connectivity index (χ4n) is 5.13. The second-order valence-electron chi connectivity index (χ2n) is 9.81. The zero-order valence-electron chi connectivity index (χ0n) is 22.2. The number of H-pyrrole nitrogens is 1. The summed E-state index contributed by atoms with van der Waals surface area (Å²) in [6.07, 6.45) is 2.30. The Bertz CT molecular complexity index is 1400. The Balaban J connectivity index is 1.23. The number of methoxy groups -OCH3 is 1. The fourth-order valence-corrected chi connectivity index (χ4v) is 5.13. The van der Waals surface area contributed by atoms with E-state index in [-0.39, 0.29) is 18.4 Å². The van der Waals surface area contributed by atoms with Crippen LogP contribution in [0.1, 0.15) is 11.1 Å². The van der Waals surface area contributed by atoms with Crippen molar-refractivity contribution >= 4 is 28.4 Å². The molecule has 0 radical (unpaired) electrons. The van der Waals surface area contributed by atoms with Crippen molar-refractivity contribution in [1.29, 1.82) is 0 Å². The van der Waals surface area contributed by atoms with E-state index in [0.29, 0.717) is 18.7 Å². The van der Waals surface area contributed by atoms with Gasteiger partial charge in [0, 0.05) is 67.5 Å². The number of carbonyl (C=O) groups is 2. The van der Waals surface area contributed by atoms with E-state index in [1.54, 1.807) is 7.11 Å². The van der Waals surface area contributed by atoms with Crippen molar-refractivity contribution < 1.29 is 14.3 Å². The molecule has 3 N–H and O–H groups in total. The van der Waals surface area contributed by atoms with Gasteiger partial charge in [-0.1, -0.05) is 54.6 Å². The van der Waals surface area contributed by atoms with Gasteiger partial charge in [0.05, 0.1) is 13.7 Å². The van der Waals surface area contributed by atoms with Gasteiger partial charge in [-0.25, -0.2) is 0 Å². The van der Waals surface area contributed by atoms with Crippen LogP contribution in [0.4, 0.5) is 5.69 Å². The summed E-state index contributed by atoms with van der Waals surface area (Å²) in [4.78, 5) is 34.3. The molecule has 1 saturated heterocycles. The molecule has 1 unspecified atom stereocenters. The molecule has 1 aliphatic rings. The van der Waals surface area contributed by atoms with E-state index in [1.165, 1.54) is 5.69 Å². The van der Waals surface area contributed by atoms with Crippen molar-refractivity contribution in [1.82, 2.24) is 20.5 Å². The molecule has 8 heteroatoms. The first-order valence-electron chi connectivity index (χ1n) is 13.4. The van der Waals surface area contributed by atoms with Gasteiger partial charge in [0.15, 0.2) is 0 Å². The van der Waals surface area contributed by atoms with E-state index in [1.807, 2.05) is 72.9 Å². The number of para-hydroxylation sites is 3. The molecule has 1 atom stereocenters. The molecule has 1 fully saturated rings. The monoisotopic (exact) mass is 525 g/mol. The van der Waals surface area contributed by atoms with E-state index in [0.717, 1.165) is 48.2 Å². The summed E-state index contributed by atoms with van der Waals surface area (Å²) in [5.41, 5.74) is 4.07. The largest absolute Gasteiger partial charge is 0.496 e. The molecule has 39 heavy (non-hydrogen) atoms. The van der Waals surface area contributed by atoms with Crippen molar-refractivity contribution in [3.63, 3.8) is 0 Å². The summed E-state index contributed by atoms with van der Waals surface area (Å²) in [6, 6.07) is 25.2. The van der Waals surface area contributed by atoms with E-state index < -0.39 is 6.04 Å². The number of fused-ring (bicyclic) bond motifs is 1. The van der Waals surface area contributed by atoms with Crippen LogP contribution in [0.3, 0.4) is 0 Å². The summed E-state index contributed by atoms with van der Waals surface area (Å²) < 4.78 is 5.42. The van der Waals surface area contributed by atoms with Crippen LogP contribution in [-0.4, -0.2) is 67.6 Å². The molecular formula is C31H35N5O3. The Morgan fingerprint density at radius 3 is 2.41 bits per heavy atom. The van der Waals surface area contributed by atoms with Gasteiger partial charge in [-0.3, -0.25) is 14.5 Å². The van der Waals surface area contributed by atoms with Gasteiger partial charge in [-0.05, 0) is 29.8 Å². The molecule has 0 saturated carbocycles. The van der Waals surface area contributed by atoms with E-state index in [4.69, 9.17) is 4.74 Å². The summed E-state index contributed by atoms with van der Waals surface area (Å²) >= 11 is 0. The van der Waals surface area contributed by atoms with Crippen molar-refractivity contribution in [3.05, 3.63) is 96.2 Å². The maximum Gasteiger partial charge on any atom is 0.243 e. The lowest BCUT2D eigenvalue weighted by atomic mass is 10.0. The van der Waals surface area contributed by atoms with Gasteiger partial charge in [-0.15, -0.1) is 0 Å². The lowest BCUT2D eigenvalue weighted by Crippen LogP contribution is -2.53. The minimum Gasteiger partial charge on any atom is -0.496 e. The molecule has 2 amide bonds. The lowest BCUT2D eigenvalue weighted by molar-refractivity contribution is -0.129. The summed E-state index contributed by atoms with van der Waals surface area (Å²) in [7, 11) is 1.61. The standard InChI is InChI=1S/C31H35N5O3/c1-39-29-14-8-5-9-23(29)20-33-31(38)28(19-24-21-32-27-13-7-6-12-26(24)27)34-30(37)22-35-15-17-36(18-16-35)25-10-3-2-4-11-25/h2-14,21,28,32H,15-20,22H2,1H3,(H,33,38)(H,34,37). The summed E-state index contributed by atoms with van der Waals surface area (Å²) in [6.45, 7) is 3.85. The minimum absolute atomic E-state index is 0.152. The highest BCUT2D eigenvalue weighted by Crippen LogP contribution is 2.20. The Hall–Kier alpha value is -4.30. The van der Waals surface area contributed by atoms with Gasteiger partial charge in [0.2, 0.25) is 11.8 Å². The smallest absolute Gasteiger partial charge is 0.243 e. The zero-order valence-corrected chi connectivity index (χ0v) is 22.2. The van der Waals surface area contributed by atoms with Gasteiger partial charge in [0.1, 0.15) is 11.8 Å². The molecule has 8 nitrogen and oxygen atoms in total. The highest BCUT2D eigenvalue weighted by atomic mass is 16.5. The van der Waals surface area contributed by atoms with Crippen LogP contribution in [0.5, 0.6) is 5.75 Å². The Kier molecular flexibility index (Phi) is 8.43. The highest BCUT2D eigenvalue weighted by Gasteiger charge is 2.25.